The normalized spacial score (nSPS) is 13.7. The minimum Gasteiger partial charge on any atom is -0.489 e. The fraction of sp³-hybridized carbons (Fsp3) is 0.714. The summed E-state index contributed by atoms with van der Waals surface area (Å²) in [6.45, 7) is 10.8. The third-order valence-corrected chi connectivity index (χ3v) is 3.19. The fourth-order valence-electron chi connectivity index (χ4n) is 2.03. The molecule has 1 heterocycles. The van der Waals surface area contributed by atoms with Crippen LogP contribution in [0.1, 0.15) is 60.8 Å². The van der Waals surface area contributed by atoms with Gasteiger partial charge in [0.15, 0.2) is 30.2 Å². The van der Waals surface area contributed by atoms with Gasteiger partial charge < -0.3 is 19.3 Å². The molecule has 0 saturated heterocycles. The zero-order valence-corrected chi connectivity index (χ0v) is 24.9. The molecule has 8 nitrogen and oxygen atoms in total. The van der Waals surface area contributed by atoms with Crippen LogP contribution in [0.5, 0.6) is 0 Å². The number of rotatable bonds is 8. The van der Waals surface area contributed by atoms with E-state index in [1.807, 2.05) is 25.7 Å². The number of Topliss-reactive ketones (excluding diaryl/α,β-unsaturated/α-hetero) is 2. The maximum Gasteiger partial charge on any atom is 0.313 e. The van der Waals surface area contributed by atoms with E-state index in [2.05, 4.69) is 22.6 Å². The highest BCUT2D eigenvalue weighted by molar-refractivity contribution is 14.1. The van der Waals surface area contributed by atoms with E-state index in [1.165, 1.54) is 6.08 Å². The molecule has 1 N–H and O–H groups in total. The van der Waals surface area contributed by atoms with Crippen molar-refractivity contribution in [2.45, 2.75) is 78.3 Å². The molecule has 0 saturated carbocycles. The molecule has 0 fully saturated rings. The Morgan fingerprint density at radius 2 is 1.62 bits per heavy atom. The van der Waals surface area contributed by atoms with Gasteiger partial charge in [-0.15, -0.1) is 35.6 Å². The Labute approximate surface area is 226 Å². The second kappa shape index (κ2) is 18.1. The van der Waals surface area contributed by atoms with Gasteiger partial charge in [-0.05, 0) is 46.5 Å². The van der Waals surface area contributed by atoms with Crippen molar-refractivity contribution in [3.63, 3.8) is 0 Å². The second-order valence-corrected chi connectivity index (χ2v) is 8.67. The van der Waals surface area contributed by atoms with Gasteiger partial charge in [0.1, 0.15) is 17.8 Å². The highest BCUT2D eigenvalue weighted by Crippen LogP contribution is 2.18. The largest absolute Gasteiger partial charge is 0.489 e. The van der Waals surface area contributed by atoms with Crippen molar-refractivity contribution < 1.29 is 38.5 Å². The van der Waals surface area contributed by atoms with Gasteiger partial charge in [-0.2, -0.15) is 0 Å². The van der Waals surface area contributed by atoms with Crippen molar-refractivity contribution in [3.05, 3.63) is 11.8 Å². The predicted molar refractivity (Wildman–Crippen MR) is 142 cm³/mol. The summed E-state index contributed by atoms with van der Waals surface area (Å²) in [5.74, 6) is -1.25. The van der Waals surface area contributed by atoms with Crippen LogP contribution < -0.4 is 0 Å². The summed E-state index contributed by atoms with van der Waals surface area (Å²) in [6, 6.07) is 0. The number of alkyl halides is 2. The molecule has 0 aromatic rings. The smallest absolute Gasteiger partial charge is 0.313 e. The Hall–Kier alpha value is -0.310. The Morgan fingerprint density at radius 3 is 2.00 bits per heavy atom. The molecule has 0 radical (unpaired) electrons. The molecule has 11 heteroatoms. The lowest BCUT2D eigenvalue weighted by atomic mass is 10.1. The van der Waals surface area contributed by atoms with Crippen LogP contribution in [0.25, 0.3) is 0 Å². The molecule has 1 atom stereocenters. The number of carbonyl (C=O) groups is 4. The summed E-state index contributed by atoms with van der Waals surface area (Å²) in [7, 11) is 0. The summed E-state index contributed by atoms with van der Waals surface area (Å²) in [5.41, 5.74) is -1.02. The van der Waals surface area contributed by atoms with Gasteiger partial charge >= 0.3 is 5.97 Å². The van der Waals surface area contributed by atoms with Crippen LogP contribution in [-0.2, 0) is 33.4 Å². The van der Waals surface area contributed by atoms with E-state index in [1.54, 1.807) is 20.8 Å². The lowest BCUT2D eigenvalue weighted by Gasteiger charge is -2.23. The summed E-state index contributed by atoms with van der Waals surface area (Å²) in [6.07, 6.45) is 0.0214. The molecule has 1 aliphatic rings. The Kier molecular flexibility index (Phi) is 20.5. The van der Waals surface area contributed by atoms with Crippen LogP contribution in [-0.4, -0.2) is 63.3 Å². The van der Waals surface area contributed by atoms with Crippen LogP contribution in [0.2, 0.25) is 0 Å². The fourth-order valence-corrected chi connectivity index (χ4v) is 2.13. The topological polar surface area (TPSA) is 116 Å². The summed E-state index contributed by atoms with van der Waals surface area (Å²) in [4.78, 5) is 45.8. The number of halogens is 3. The zero-order valence-electron chi connectivity index (χ0n) is 19.7. The van der Waals surface area contributed by atoms with E-state index in [9.17, 15) is 24.3 Å². The minimum atomic E-state index is -0.924. The van der Waals surface area contributed by atoms with Crippen molar-refractivity contribution in [1.29, 1.82) is 0 Å². The second-order valence-electron chi connectivity index (χ2n) is 8.41. The van der Waals surface area contributed by atoms with E-state index in [4.69, 9.17) is 25.8 Å². The monoisotopic (exact) mass is 704 g/mol. The van der Waals surface area contributed by atoms with E-state index in [0.29, 0.717) is 5.76 Å². The maximum absolute atomic E-state index is 11.2. The summed E-state index contributed by atoms with van der Waals surface area (Å²) >= 11 is 7.37. The van der Waals surface area contributed by atoms with Crippen molar-refractivity contribution in [2.75, 3.05) is 17.4 Å². The van der Waals surface area contributed by atoms with E-state index in [0.717, 1.165) is 0 Å². The number of hydrogen-bond acceptors (Lipinski definition) is 8. The number of carbonyl (C=O) groups excluding carboxylic acids is 4. The van der Waals surface area contributed by atoms with Gasteiger partial charge in [0, 0.05) is 6.08 Å². The first-order chi connectivity index (χ1) is 14.1. The SMILES string of the molecule is CC(C)(C)OC(=O)CC(=O)CC(=O)CCl.CC(C)(C)OC(O)CC1=CC(=O)CO1.CI.I. The van der Waals surface area contributed by atoms with Gasteiger partial charge in [0.25, 0.3) is 0 Å². The van der Waals surface area contributed by atoms with Crippen molar-refractivity contribution in [1.82, 2.24) is 0 Å². The molecule has 1 unspecified atom stereocenters. The zero-order chi connectivity index (χ0) is 24.8. The van der Waals surface area contributed by atoms with Crippen molar-refractivity contribution in [3.8, 4) is 0 Å². The number of aliphatic hydroxyl groups is 1. The van der Waals surface area contributed by atoms with Crippen molar-refractivity contribution in [2.24, 2.45) is 0 Å². The van der Waals surface area contributed by atoms with Gasteiger partial charge in [-0.3, -0.25) is 19.2 Å². The lowest BCUT2D eigenvalue weighted by Crippen LogP contribution is -2.27. The first-order valence-corrected chi connectivity index (χ1v) is 12.2. The quantitative estimate of drug-likeness (QED) is 0.132. The average Bonchev–Trinajstić information content (AvgIpc) is 2.98. The van der Waals surface area contributed by atoms with Crippen molar-refractivity contribution >= 4 is 81.5 Å². The van der Waals surface area contributed by atoms with E-state index < -0.39 is 29.2 Å². The van der Waals surface area contributed by atoms with Crippen LogP contribution in [0.15, 0.2) is 11.8 Å². The molecule has 0 bridgehead atoms. The molecule has 0 aliphatic carbocycles. The van der Waals surface area contributed by atoms with Gasteiger partial charge in [0.05, 0.1) is 24.3 Å². The Bertz CT molecular complexity index is 637. The van der Waals surface area contributed by atoms with Crippen LogP contribution >= 0.6 is 58.2 Å². The molecule has 0 amide bonds. The molecular formula is C21H35ClI2O8. The Morgan fingerprint density at radius 1 is 1.09 bits per heavy atom. The highest BCUT2D eigenvalue weighted by atomic mass is 127. The summed E-state index contributed by atoms with van der Waals surface area (Å²) in [5, 5.41) is 9.48. The van der Waals surface area contributed by atoms with Crippen LogP contribution in [0.4, 0.5) is 0 Å². The van der Waals surface area contributed by atoms with Gasteiger partial charge in [0.2, 0.25) is 0 Å². The highest BCUT2D eigenvalue weighted by Gasteiger charge is 2.21. The van der Waals surface area contributed by atoms with E-state index >= 15 is 0 Å². The molecule has 188 valence electrons. The third-order valence-electron chi connectivity index (χ3n) is 2.89. The van der Waals surface area contributed by atoms with Gasteiger partial charge in [-0.1, -0.05) is 22.6 Å². The molecule has 0 aromatic carbocycles. The standard InChI is InChI=1S/C10H15ClO4.C10H16O4.CH3I.HI/c1-10(2,3)15-9(14)5-7(12)4-8(13)6-11;1-10(2,3)14-9(12)5-8-4-7(11)6-13-8;1-2;/h4-6H2,1-3H3;4,9,12H,5-6H2,1-3H3;1H3;1H. The number of aliphatic hydroxyl groups excluding tert-OH is 1. The first-order valence-electron chi connectivity index (χ1n) is 9.52. The molecular weight excluding hydrogens is 669 g/mol. The molecule has 0 spiro atoms. The molecule has 1 aliphatic heterocycles. The maximum atomic E-state index is 11.2. The lowest BCUT2D eigenvalue weighted by molar-refractivity contribution is -0.167. The number of ketones is 3. The third kappa shape index (κ3) is 22.9. The van der Waals surface area contributed by atoms with Crippen LogP contribution in [0.3, 0.4) is 0 Å². The summed E-state index contributed by atoms with van der Waals surface area (Å²) < 4.78 is 15.2. The average molecular weight is 705 g/mol. The molecule has 32 heavy (non-hydrogen) atoms. The number of esters is 1. The molecule has 1 rings (SSSR count). The van der Waals surface area contributed by atoms with Gasteiger partial charge in [-0.25, -0.2) is 0 Å². The van der Waals surface area contributed by atoms with E-state index in [-0.39, 0.29) is 67.3 Å². The first kappa shape index (κ1) is 36.3. The Balaban J connectivity index is -0.000000474. The molecule has 0 aromatic heterocycles. The minimum absolute atomic E-state index is 0. The van der Waals surface area contributed by atoms with Crippen LogP contribution in [0, 0.1) is 0 Å². The number of ether oxygens (including phenoxy) is 3. The number of hydrogen-bond donors (Lipinski definition) is 1. The predicted octanol–water partition coefficient (Wildman–Crippen LogP) is 4.15.